The van der Waals surface area contributed by atoms with Gasteiger partial charge in [-0.1, -0.05) is 27.7 Å². The average molecular weight is 401 g/mol. The Bertz CT molecular complexity index is 874. The monoisotopic (exact) mass is 400 g/mol. The second kappa shape index (κ2) is 8.84. The van der Waals surface area contributed by atoms with Gasteiger partial charge in [0, 0.05) is 50.0 Å². The summed E-state index contributed by atoms with van der Waals surface area (Å²) in [5.74, 6) is 3.75. The highest BCUT2D eigenvalue weighted by Crippen LogP contribution is 2.35. The van der Waals surface area contributed by atoms with Gasteiger partial charge in [0.25, 0.3) is 0 Å². The van der Waals surface area contributed by atoms with Crippen molar-refractivity contribution in [1.82, 2.24) is 14.9 Å². The van der Waals surface area contributed by atoms with Crippen LogP contribution in [-0.4, -0.2) is 61.2 Å². The fraction of sp³-hybridized carbons (Fsp3) is 0.591. The van der Waals surface area contributed by atoms with Crippen molar-refractivity contribution in [2.24, 2.45) is 11.8 Å². The fourth-order valence-electron chi connectivity index (χ4n) is 3.69. The molecule has 0 atom stereocenters. The lowest BCUT2D eigenvalue weighted by Crippen LogP contribution is -2.50. The molecule has 1 aliphatic heterocycles. The molecular formula is C22H32N4O3. The summed E-state index contributed by atoms with van der Waals surface area (Å²) in [5, 5.41) is 0.943. The SMILES string of the molecule is COc1cc2nc(CC(C)C)nc(N3CCN(C(=O)C(C)C)CC3)c2cc1OC. The quantitative estimate of drug-likeness (QED) is 0.742. The molecule has 0 spiro atoms. The van der Waals surface area contributed by atoms with Crippen LogP contribution in [0.25, 0.3) is 10.9 Å². The number of ether oxygens (including phenoxy) is 2. The lowest BCUT2D eigenvalue weighted by molar-refractivity contribution is -0.134. The van der Waals surface area contributed by atoms with E-state index >= 15 is 0 Å². The Kier molecular flexibility index (Phi) is 6.45. The molecule has 7 nitrogen and oxygen atoms in total. The first-order valence-corrected chi connectivity index (χ1v) is 10.3. The van der Waals surface area contributed by atoms with E-state index in [0.717, 1.165) is 42.1 Å². The van der Waals surface area contributed by atoms with Crippen molar-refractivity contribution in [1.29, 1.82) is 0 Å². The van der Waals surface area contributed by atoms with Crippen LogP contribution >= 0.6 is 0 Å². The number of piperazine rings is 1. The maximum Gasteiger partial charge on any atom is 0.225 e. The maximum atomic E-state index is 12.3. The number of hydrogen-bond acceptors (Lipinski definition) is 6. The topological polar surface area (TPSA) is 67.8 Å². The first-order chi connectivity index (χ1) is 13.8. The number of amides is 1. The summed E-state index contributed by atoms with van der Waals surface area (Å²) >= 11 is 0. The van der Waals surface area contributed by atoms with Crippen molar-refractivity contribution in [3.8, 4) is 11.5 Å². The number of fused-ring (bicyclic) bond motifs is 1. The van der Waals surface area contributed by atoms with E-state index in [4.69, 9.17) is 19.4 Å². The third kappa shape index (κ3) is 4.54. The van der Waals surface area contributed by atoms with Gasteiger partial charge < -0.3 is 19.3 Å². The van der Waals surface area contributed by atoms with Gasteiger partial charge in [0.2, 0.25) is 5.91 Å². The molecule has 1 saturated heterocycles. The number of aromatic nitrogens is 2. The average Bonchev–Trinajstić information content (AvgIpc) is 2.71. The zero-order valence-corrected chi connectivity index (χ0v) is 18.4. The molecule has 1 aliphatic rings. The minimum atomic E-state index is 0.0239. The van der Waals surface area contributed by atoms with Gasteiger partial charge in [0.1, 0.15) is 11.6 Å². The number of anilines is 1. The molecular weight excluding hydrogens is 368 g/mol. The molecule has 0 N–H and O–H groups in total. The molecule has 0 bridgehead atoms. The van der Waals surface area contributed by atoms with Gasteiger partial charge in [-0.3, -0.25) is 4.79 Å². The highest BCUT2D eigenvalue weighted by atomic mass is 16.5. The summed E-state index contributed by atoms with van der Waals surface area (Å²) < 4.78 is 11.0. The number of rotatable bonds is 6. The molecule has 3 rings (SSSR count). The van der Waals surface area contributed by atoms with E-state index in [1.807, 2.05) is 30.9 Å². The summed E-state index contributed by atoms with van der Waals surface area (Å²) in [7, 11) is 3.26. The van der Waals surface area contributed by atoms with Crippen LogP contribution < -0.4 is 14.4 Å². The van der Waals surface area contributed by atoms with E-state index < -0.39 is 0 Å². The lowest BCUT2D eigenvalue weighted by atomic mass is 10.1. The molecule has 1 aromatic carbocycles. The van der Waals surface area contributed by atoms with Crippen LogP contribution in [0.1, 0.15) is 33.5 Å². The predicted octanol–water partition coefficient (Wildman–Crippen LogP) is 3.15. The molecule has 0 saturated carbocycles. The van der Waals surface area contributed by atoms with E-state index in [1.165, 1.54) is 0 Å². The van der Waals surface area contributed by atoms with Gasteiger partial charge in [-0.05, 0) is 12.0 Å². The van der Waals surface area contributed by atoms with E-state index in [-0.39, 0.29) is 11.8 Å². The number of hydrogen-bond donors (Lipinski definition) is 0. The zero-order valence-electron chi connectivity index (χ0n) is 18.4. The first kappa shape index (κ1) is 21.1. The molecule has 0 unspecified atom stereocenters. The van der Waals surface area contributed by atoms with Crippen molar-refractivity contribution in [3.05, 3.63) is 18.0 Å². The van der Waals surface area contributed by atoms with Crippen molar-refractivity contribution < 1.29 is 14.3 Å². The van der Waals surface area contributed by atoms with Crippen LogP contribution in [0.3, 0.4) is 0 Å². The van der Waals surface area contributed by atoms with Crippen LogP contribution in [-0.2, 0) is 11.2 Å². The predicted molar refractivity (Wildman–Crippen MR) is 115 cm³/mol. The van der Waals surface area contributed by atoms with Gasteiger partial charge in [0.05, 0.1) is 19.7 Å². The number of carbonyl (C=O) groups is 1. The second-order valence-electron chi connectivity index (χ2n) is 8.25. The Hall–Kier alpha value is -2.57. The third-order valence-electron chi connectivity index (χ3n) is 5.20. The third-order valence-corrected chi connectivity index (χ3v) is 5.20. The van der Waals surface area contributed by atoms with Crippen molar-refractivity contribution in [2.75, 3.05) is 45.3 Å². The smallest absolute Gasteiger partial charge is 0.225 e. The van der Waals surface area contributed by atoms with E-state index in [2.05, 4.69) is 18.7 Å². The second-order valence-corrected chi connectivity index (χ2v) is 8.25. The summed E-state index contributed by atoms with van der Waals surface area (Å²) in [6.07, 6.45) is 0.809. The summed E-state index contributed by atoms with van der Waals surface area (Å²) in [6, 6.07) is 3.87. The van der Waals surface area contributed by atoms with E-state index in [1.54, 1.807) is 14.2 Å². The largest absolute Gasteiger partial charge is 0.493 e. The van der Waals surface area contributed by atoms with Crippen molar-refractivity contribution in [2.45, 2.75) is 34.1 Å². The Morgan fingerprint density at radius 3 is 2.17 bits per heavy atom. The van der Waals surface area contributed by atoms with Gasteiger partial charge in [-0.15, -0.1) is 0 Å². The van der Waals surface area contributed by atoms with Crippen LogP contribution in [0.2, 0.25) is 0 Å². The summed E-state index contributed by atoms with van der Waals surface area (Å²) in [6.45, 7) is 11.1. The normalized spacial score (nSPS) is 14.8. The van der Waals surface area contributed by atoms with Crippen LogP contribution in [0.4, 0.5) is 5.82 Å². The minimum Gasteiger partial charge on any atom is -0.493 e. The molecule has 7 heteroatoms. The molecule has 29 heavy (non-hydrogen) atoms. The number of carbonyl (C=O) groups excluding carboxylic acids is 1. The first-order valence-electron chi connectivity index (χ1n) is 10.3. The number of benzene rings is 1. The fourth-order valence-corrected chi connectivity index (χ4v) is 3.69. The molecule has 1 amide bonds. The molecule has 2 heterocycles. The van der Waals surface area contributed by atoms with Crippen LogP contribution in [0.5, 0.6) is 11.5 Å². The Morgan fingerprint density at radius 2 is 1.62 bits per heavy atom. The number of nitrogens with zero attached hydrogens (tertiary/aromatic N) is 4. The number of methoxy groups -OCH3 is 2. The van der Waals surface area contributed by atoms with Crippen molar-refractivity contribution in [3.63, 3.8) is 0 Å². The molecule has 1 fully saturated rings. The van der Waals surface area contributed by atoms with Gasteiger partial charge >= 0.3 is 0 Å². The zero-order chi connectivity index (χ0) is 21.1. The molecule has 0 radical (unpaired) electrons. The van der Waals surface area contributed by atoms with E-state index in [0.29, 0.717) is 30.5 Å². The van der Waals surface area contributed by atoms with E-state index in [9.17, 15) is 4.79 Å². The molecule has 0 aliphatic carbocycles. The van der Waals surface area contributed by atoms with Crippen LogP contribution in [0, 0.1) is 11.8 Å². The van der Waals surface area contributed by atoms with Gasteiger partial charge in [-0.25, -0.2) is 9.97 Å². The Morgan fingerprint density at radius 1 is 1.00 bits per heavy atom. The summed E-state index contributed by atoms with van der Waals surface area (Å²) in [5.41, 5.74) is 0.851. The minimum absolute atomic E-state index is 0.0239. The standard InChI is InChI=1S/C22H32N4O3/c1-14(2)11-20-23-17-13-19(29-6)18(28-5)12-16(17)21(24-20)25-7-9-26(10-8-25)22(27)15(3)4/h12-15H,7-11H2,1-6H3. The van der Waals surface area contributed by atoms with Gasteiger partial charge in [0.15, 0.2) is 11.5 Å². The molecule has 158 valence electrons. The summed E-state index contributed by atoms with van der Waals surface area (Å²) in [4.78, 5) is 26.2. The Labute approximate surface area is 173 Å². The Balaban J connectivity index is 2.00. The lowest BCUT2D eigenvalue weighted by Gasteiger charge is -2.36. The van der Waals surface area contributed by atoms with Gasteiger partial charge in [-0.2, -0.15) is 0 Å². The van der Waals surface area contributed by atoms with Crippen LogP contribution in [0.15, 0.2) is 12.1 Å². The van der Waals surface area contributed by atoms with Crippen molar-refractivity contribution >= 4 is 22.6 Å². The molecule has 2 aromatic rings. The maximum absolute atomic E-state index is 12.3. The molecule has 1 aromatic heterocycles. The highest BCUT2D eigenvalue weighted by Gasteiger charge is 2.25. The highest BCUT2D eigenvalue weighted by molar-refractivity contribution is 5.92.